The Morgan fingerprint density at radius 2 is 1.92 bits per heavy atom. The van der Waals surface area contributed by atoms with E-state index in [4.69, 9.17) is 16.3 Å². The molecule has 12 heteroatoms. The van der Waals surface area contributed by atoms with Gasteiger partial charge in [-0.3, -0.25) is 4.31 Å². The zero-order valence-corrected chi connectivity index (χ0v) is 21.6. The number of pyridine rings is 1. The number of halogens is 1. The number of fused-ring (bicyclic) bond motifs is 2. The second-order valence-electron chi connectivity index (χ2n) is 8.71. The van der Waals surface area contributed by atoms with Gasteiger partial charge in [0.25, 0.3) is 10.0 Å². The van der Waals surface area contributed by atoms with E-state index in [0.717, 1.165) is 23.0 Å². The molecule has 0 amide bonds. The number of ether oxygens (including phenoxy) is 1. The van der Waals surface area contributed by atoms with E-state index in [9.17, 15) is 23.1 Å². The average Bonchev–Trinajstić information content (AvgIpc) is 3.05. The molecule has 192 valence electrons. The van der Waals surface area contributed by atoms with Crippen molar-refractivity contribution in [1.29, 1.82) is 0 Å². The number of aromatic nitrogens is 3. The lowest BCUT2D eigenvalue weighted by atomic mass is 10.1. The lowest BCUT2D eigenvalue weighted by molar-refractivity contribution is 0.0690. The van der Waals surface area contributed by atoms with Crippen molar-refractivity contribution in [1.82, 2.24) is 14.5 Å². The van der Waals surface area contributed by atoms with Crippen molar-refractivity contribution in [2.75, 3.05) is 18.0 Å². The molecule has 0 fully saturated rings. The van der Waals surface area contributed by atoms with Gasteiger partial charge in [0.1, 0.15) is 10.6 Å². The number of carbonyl (C=O) groups is 1. The smallest absolute Gasteiger partial charge is 0.354 e. The summed E-state index contributed by atoms with van der Waals surface area (Å²) < 4.78 is 36.0. The molecule has 2 aromatic heterocycles. The van der Waals surface area contributed by atoms with E-state index < -0.39 is 21.7 Å². The van der Waals surface area contributed by atoms with Crippen LogP contribution in [-0.4, -0.2) is 47.7 Å². The molecule has 37 heavy (non-hydrogen) atoms. The first-order chi connectivity index (χ1) is 17.6. The maximum Gasteiger partial charge on any atom is 0.354 e. The number of aromatic carboxylic acids is 1. The van der Waals surface area contributed by atoms with E-state index in [1.807, 2.05) is 12.1 Å². The Hall–Kier alpha value is -3.83. The molecule has 0 saturated heterocycles. The topological polar surface area (TPSA) is 135 Å². The first-order valence-corrected chi connectivity index (χ1v) is 13.3. The van der Waals surface area contributed by atoms with E-state index in [0.29, 0.717) is 23.2 Å². The van der Waals surface area contributed by atoms with Gasteiger partial charge in [-0.25, -0.2) is 27.6 Å². The number of rotatable bonds is 5. The summed E-state index contributed by atoms with van der Waals surface area (Å²) in [5.74, 6) is -1.26. The van der Waals surface area contributed by atoms with Crippen LogP contribution in [0, 0.1) is 6.92 Å². The number of hydrogen-bond donors (Lipinski definition) is 2. The van der Waals surface area contributed by atoms with E-state index in [1.54, 1.807) is 19.1 Å². The van der Waals surface area contributed by atoms with E-state index in [-0.39, 0.29) is 39.2 Å². The van der Waals surface area contributed by atoms with Gasteiger partial charge in [0, 0.05) is 12.6 Å². The maximum atomic E-state index is 14.1. The molecule has 2 aromatic carbocycles. The molecule has 1 aliphatic heterocycles. The summed E-state index contributed by atoms with van der Waals surface area (Å²) in [5.41, 5.74) is 1.43. The highest BCUT2D eigenvalue weighted by atomic mass is 35.5. The Kier molecular flexibility index (Phi) is 6.20. The first-order valence-electron chi connectivity index (χ1n) is 11.5. The fourth-order valence-electron chi connectivity index (χ4n) is 4.65. The third kappa shape index (κ3) is 4.13. The highest BCUT2D eigenvalue weighted by molar-refractivity contribution is 7.93. The molecule has 0 radical (unpaired) electrons. The number of para-hydroxylation sites is 1. The van der Waals surface area contributed by atoms with Gasteiger partial charge >= 0.3 is 11.7 Å². The molecular formula is C25H23ClN4O6S. The number of aromatic amines is 1. The number of nitrogens with one attached hydrogen (secondary N) is 1. The van der Waals surface area contributed by atoms with Gasteiger partial charge in [-0.05, 0) is 55.5 Å². The third-order valence-corrected chi connectivity index (χ3v) is 8.56. The number of imidazole rings is 1. The van der Waals surface area contributed by atoms with Crippen molar-refractivity contribution < 1.29 is 23.1 Å². The minimum atomic E-state index is -4.16. The quantitative estimate of drug-likeness (QED) is 0.390. The summed E-state index contributed by atoms with van der Waals surface area (Å²) in [4.78, 5) is 31.2. The standard InChI is InChI=1S/C25H23ClN4O6S/c1-14-11-17(24(31)32)27-23-22(14)28-25(33)30(23)19-13-21(20(36-2)12-16(19)26)37(34,35)29-10-6-5-8-15-7-3-4-9-18(15)29/h3-4,7,9,11-13H,5-6,8,10H2,1-2H3,(H,28,33)(H,31,32). The predicted molar refractivity (Wildman–Crippen MR) is 139 cm³/mol. The second-order valence-corrected chi connectivity index (χ2v) is 10.9. The third-order valence-electron chi connectivity index (χ3n) is 6.42. The normalized spacial score (nSPS) is 13.9. The van der Waals surface area contributed by atoms with Crippen LogP contribution in [0.15, 0.2) is 52.2 Å². The van der Waals surface area contributed by atoms with Crippen molar-refractivity contribution in [2.45, 2.75) is 31.1 Å². The van der Waals surface area contributed by atoms with Crippen molar-refractivity contribution in [2.24, 2.45) is 0 Å². The summed E-state index contributed by atoms with van der Waals surface area (Å²) >= 11 is 6.52. The lowest BCUT2D eigenvalue weighted by Crippen LogP contribution is -2.32. The Morgan fingerprint density at radius 1 is 1.16 bits per heavy atom. The van der Waals surface area contributed by atoms with Crippen LogP contribution in [0.25, 0.3) is 16.9 Å². The zero-order chi connectivity index (χ0) is 26.5. The number of anilines is 1. The average molecular weight is 543 g/mol. The van der Waals surface area contributed by atoms with Gasteiger partial charge in [0.05, 0.1) is 29.0 Å². The fraction of sp³-hybridized carbons (Fsp3) is 0.240. The summed E-state index contributed by atoms with van der Waals surface area (Å²) in [6.45, 7) is 1.91. The molecule has 0 aliphatic carbocycles. The Balaban J connectivity index is 1.76. The largest absolute Gasteiger partial charge is 0.495 e. The summed E-state index contributed by atoms with van der Waals surface area (Å²) in [6.07, 6.45) is 2.26. The zero-order valence-electron chi connectivity index (χ0n) is 20.0. The Morgan fingerprint density at radius 3 is 2.65 bits per heavy atom. The number of sulfonamides is 1. The van der Waals surface area contributed by atoms with Gasteiger partial charge in [0.2, 0.25) is 0 Å². The number of aryl methyl sites for hydroxylation is 2. The number of carboxylic acid groups (broad SMARTS) is 1. The molecule has 0 saturated carbocycles. The van der Waals surface area contributed by atoms with Crippen molar-refractivity contribution in [3.63, 3.8) is 0 Å². The SMILES string of the molecule is COc1cc(Cl)c(-n2c(=O)[nH]c3c(C)cc(C(=O)O)nc32)cc1S(=O)(=O)N1CCCCc2ccccc21. The highest BCUT2D eigenvalue weighted by Gasteiger charge is 2.32. The lowest BCUT2D eigenvalue weighted by Gasteiger charge is -2.26. The Bertz CT molecular complexity index is 1730. The van der Waals surface area contributed by atoms with Crippen LogP contribution in [0.5, 0.6) is 5.75 Å². The van der Waals surface area contributed by atoms with Gasteiger partial charge in [-0.2, -0.15) is 0 Å². The molecular weight excluding hydrogens is 520 g/mol. The van der Waals surface area contributed by atoms with Crippen LogP contribution >= 0.6 is 11.6 Å². The van der Waals surface area contributed by atoms with Crippen LogP contribution in [0.3, 0.4) is 0 Å². The number of carboxylic acids is 1. The van der Waals surface area contributed by atoms with Crippen molar-refractivity contribution in [3.8, 4) is 11.4 Å². The van der Waals surface area contributed by atoms with E-state index in [1.165, 1.54) is 29.6 Å². The van der Waals surface area contributed by atoms with Gasteiger partial charge in [-0.1, -0.05) is 29.8 Å². The van der Waals surface area contributed by atoms with E-state index >= 15 is 0 Å². The van der Waals surface area contributed by atoms with Crippen LogP contribution in [-0.2, 0) is 16.4 Å². The number of H-pyrrole nitrogens is 1. The second kappa shape index (κ2) is 9.24. The fourth-order valence-corrected chi connectivity index (χ4v) is 6.59. The minimum Gasteiger partial charge on any atom is -0.495 e. The highest BCUT2D eigenvalue weighted by Crippen LogP contribution is 2.38. The molecule has 0 unspecified atom stereocenters. The Labute approximate surface area is 217 Å². The van der Waals surface area contributed by atoms with Gasteiger partial charge < -0.3 is 14.8 Å². The van der Waals surface area contributed by atoms with Crippen LogP contribution < -0.4 is 14.7 Å². The molecule has 4 aromatic rings. The van der Waals surface area contributed by atoms with E-state index in [2.05, 4.69) is 9.97 Å². The van der Waals surface area contributed by atoms with Crippen LogP contribution in [0.1, 0.15) is 34.5 Å². The van der Waals surface area contributed by atoms with Crippen molar-refractivity contribution >= 4 is 44.4 Å². The summed E-state index contributed by atoms with van der Waals surface area (Å²) in [5, 5.41) is 9.49. The molecule has 2 N–H and O–H groups in total. The molecule has 10 nitrogen and oxygen atoms in total. The molecule has 0 spiro atoms. The number of hydrogen-bond acceptors (Lipinski definition) is 6. The predicted octanol–water partition coefficient (Wildman–Crippen LogP) is 3.91. The van der Waals surface area contributed by atoms with Gasteiger partial charge in [0.15, 0.2) is 11.3 Å². The van der Waals surface area contributed by atoms with Crippen molar-refractivity contribution in [3.05, 3.63) is 74.8 Å². The number of methoxy groups -OCH3 is 1. The van der Waals surface area contributed by atoms with Crippen LogP contribution in [0.4, 0.5) is 5.69 Å². The maximum absolute atomic E-state index is 14.1. The first kappa shape index (κ1) is 24.8. The summed E-state index contributed by atoms with van der Waals surface area (Å²) in [7, 11) is -2.82. The molecule has 3 heterocycles. The van der Waals surface area contributed by atoms with Crippen LogP contribution in [0.2, 0.25) is 5.02 Å². The molecule has 0 atom stereocenters. The molecule has 0 bridgehead atoms. The summed E-state index contributed by atoms with van der Waals surface area (Å²) in [6, 6.07) is 11.3. The molecule has 5 rings (SSSR count). The number of benzene rings is 2. The molecule has 1 aliphatic rings. The minimum absolute atomic E-state index is 0.0120. The monoisotopic (exact) mass is 542 g/mol. The number of nitrogens with zero attached hydrogens (tertiary/aromatic N) is 3. The van der Waals surface area contributed by atoms with Gasteiger partial charge in [-0.15, -0.1) is 0 Å².